The van der Waals surface area contributed by atoms with Crippen LogP contribution in [0.4, 0.5) is 5.69 Å². The first-order valence-electron chi connectivity index (χ1n) is 5.95. The lowest BCUT2D eigenvalue weighted by Gasteiger charge is -2.11. The molecule has 2 aromatic carbocycles. The second kappa shape index (κ2) is 6.66. The maximum Gasteiger partial charge on any atom is 0.269 e. The SMILES string of the molecule is CC(Cc1ccccc1)c1cccc([N+](=O)[O-])c1.N. The number of hydrogen-bond donors (Lipinski definition) is 1. The predicted molar refractivity (Wildman–Crippen MR) is 76.7 cm³/mol. The largest absolute Gasteiger partial charge is 0.344 e. The van der Waals surface area contributed by atoms with Crippen molar-refractivity contribution in [2.24, 2.45) is 0 Å². The molecule has 0 saturated heterocycles. The number of nitro benzene ring substituents is 1. The van der Waals surface area contributed by atoms with Gasteiger partial charge in [-0.05, 0) is 23.5 Å². The van der Waals surface area contributed by atoms with Crippen LogP contribution < -0.4 is 6.15 Å². The average Bonchev–Trinajstić information content (AvgIpc) is 2.40. The summed E-state index contributed by atoms with van der Waals surface area (Å²) in [5.41, 5.74) is 2.41. The van der Waals surface area contributed by atoms with E-state index in [4.69, 9.17) is 0 Å². The lowest BCUT2D eigenvalue weighted by Crippen LogP contribution is -1.99. The van der Waals surface area contributed by atoms with E-state index in [2.05, 4.69) is 19.1 Å². The molecule has 3 N–H and O–H groups in total. The normalized spacial score (nSPS) is 11.4. The summed E-state index contributed by atoms with van der Waals surface area (Å²) < 4.78 is 0. The third kappa shape index (κ3) is 3.89. The Labute approximate surface area is 112 Å². The van der Waals surface area contributed by atoms with Crippen LogP contribution in [-0.2, 0) is 6.42 Å². The third-order valence-electron chi connectivity index (χ3n) is 3.03. The van der Waals surface area contributed by atoms with Gasteiger partial charge in [-0.2, -0.15) is 0 Å². The van der Waals surface area contributed by atoms with Crippen molar-refractivity contribution in [3.05, 3.63) is 75.8 Å². The number of nitrogens with zero attached hydrogens (tertiary/aromatic N) is 1. The molecule has 0 amide bonds. The van der Waals surface area contributed by atoms with Gasteiger partial charge in [0.15, 0.2) is 0 Å². The van der Waals surface area contributed by atoms with Crippen molar-refractivity contribution < 1.29 is 4.92 Å². The van der Waals surface area contributed by atoms with Gasteiger partial charge in [0.1, 0.15) is 0 Å². The van der Waals surface area contributed by atoms with E-state index in [1.807, 2.05) is 24.3 Å². The van der Waals surface area contributed by atoms with Crippen molar-refractivity contribution >= 4 is 5.69 Å². The minimum atomic E-state index is -0.348. The van der Waals surface area contributed by atoms with E-state index in [1.54, 1.807) is 12.1 Å². The van der Waals surface area contributed by atoms with Gasteiger partial charge in [-0.15, -0.1) is 0 Å². The van der Waals surface area contributed by atoms with Crippen LogP contribution in [0.5, 0.6) is 0 Å². The molecule has 0 aliphatic rings. The highest BCUT2D eigenvalue weighted by atomic mass is 16.6. The molecule has 0 radical (unpaired) electrons. The molecule has 0 aliphatic carbocycles. The number of non-ortho nitro benzene ring substituents is 1. The maximum absolute atomic E-state index is 10.7. The van der Waals surface area contributed by atoms with Crippen molar-refractivity contribution in [2.75, 3.05) is 0 Å². The Hall–Kier alpha value is -2.20. The van der Waals surface area contributed by atoms with Gasteiger partial charge in [-0.25, -0.2) is 0 Å². The minimum Gasteiger partial charge on any atom is -0.344 e. The standard InChI is InChI=1S/C15H15NO2.H3N/c1-12(10-13-6-3-2-4-7-13)14-8-5-9-15(11-14)16(17)18;/h2-9,11-12H,10H2,1H3;1H3. The molecule has 2 aromatic rings. The number of hydrogen-bond acceptors (Lipinski definition) is 3. The number of nitro groups is 1. The maximum atomic E-state index is 10.7. The zero-order chi connectivity index (χ0) is 13.0. The summed E-state index contributed by atoms with van der Waals surface area (Å²) in [6, 6.07) is 17.0. The highest BCUT2D eigenvalue weighted by Gasteiger charge is 2.11. The van der Waals surface area contributed by atoms with Gasteiger partial charge in [-0.1, -0.05) is 49.4 Å². The highest BCUT2D eigenvalue weighted by molar-refractivity contribution is 5.36. The summed E-state index contributed by atoms with van der Waals surface area (Å²) in [6.45, 7) is 2.09. The van der Waals surface area contributed by atoms with Crippen molar-refractivity contribution in [1.82, 2.24) is 6.15 Å². The van der Waals surface area contributed by atoms with E-state index in [1.165, 1.54) is 11.6 Å². The highest BCUT2D eigenvalue weighted by Crippen LogP contribution is 2.23. The van der Waals surface area contributed by atoms with Crippen molar-refractivity contribution in [2.45, 2.75) is 19.3 Å². The summed E-state index contributed by atoms with van der Waals surface area (Å²) in [5, 5.41) is 10.7. The van der Waals surface area contributed by atoms with Gasteiger partial charge in [0.25, 0.3) is 5.69 Å². The zero-order valence-corrected chi connectivity index (χ0v) is 11.0. The molecule has 0 heterocycles. The smallest absolute Gasteiger partial charge is 0.269 e. The first-order valence-corrected chi connectivity index (χ1v) is 5.95. The molecule has 100 valence electrons. The van der Waals surface area contributed by atoms with Gasteiger partial charge < -0.3 is 6.15 Å². The van der Waals surface area contributed by atoms with E-state index in [0.717, 1.165) is 12.0 Å². The molecule has 19 heavy (non-hydrogen) atoms. The van der Waals surface area contributed by atoms with Crippen LogP contribution >= 0.6 is 0 Å². The van der Waals surface area contributed by atoms with Crippen LogP contribution in [0, 0.1) is 10.1 Å². The molecule has 0 bridgehead atoms. The fraction of sp³-hybridized carbons (Fsp3) is 0.200. The number of benzene rings is 2. The Morgan fingerprint density at radius 2 is 1.79 bits per heavy atom. The first kappa shape index (κ1) is 14.9. The molecular weight excluding hydrogens is 240 g/mol. The van der Waals surface area contributed by atoms with E-state index in [9.17, 15) is 10.1 Å². The Balaban J connectivity index is 0.00000180. The molecule has 0 aliphatic heterocycles. The molecule has 4 nitrogen and oxygen atoms in total. The van der Waals surface area contributed by atoms with Crippen LogP contribution in [0.15, 0.2) is 54.6 Å². The Morgan fingerprint density at radius 1 is 1.11 bits per heavy atom. The molecule has 0 fully saturated rings. The summed E-state index contributed by atoms with van der Waals surface area (Å²) in [5.74, 6) is 0.271. The Bertz CT molecular complexity index is 541. The second-order valence-corrected chi connectivity index (χ2v) is 4.44. The molecule has 1 unspecified atom stereocenters. The zero-order valence-electron chi connectivity index (χ0n) is 11.0. The van der Waals surface area contributed by atoms with Crippen LogP contribution in [0.1, 0.15) is 24.0 Å². The van der Waals surface area contributed by atoms with E-state index >= 15 is 0 Å². The summed E-state index contributed by atoms with van der Waals surface area (Å²) in [7, 11) is 0. The lowest BCUT2D eigenvalue weighted by molar-refractivity contribution is -0.384. The van der Waals surface area contributed by atoms with Crippen molar-refractivity contribution in [1.29, 1.82) is 0 Å². The monoisotopic (exact) mass is 258 g/mol. The molecule has 0 aromatic heterocycles. The first-order chi connectivity index (χ1) is 8.66. The summed E-state index contributed by atoms with van der Waals surface area (Å²) in [6.07, 6.45) is 0.891. The molecular formula is C15H18N2O2. The van der Waals surface area contributed by atoms with Crippen LogP contribution in [0.3, 0.4) is 0 Å². The van der Waals surface area contributed by atoms with Gasteiger partial charge >= 0.3 is 0 Å². The number of rotatable bonds is 4. The van der Waals surface area contributed by atoms with Gasteiger partial charge in [0.2, 0.25) is 0 Å². The van der Waals surface area contributed by atoms with Crippen molar-refractivity contribution in [3.8, 4) is 0 Å². The Morgan fingerprint density at radius 3 is 2.42 bits per heavy atom. The fourth-order valence-electron chi connectivity index (χ4n) is 2.03. The van der Waals surface area contributed by atoms with Gasteiger partial charge in [0.05, 0.1) is 4.92 Å². The van der Waals surface area contributed by atoms with Gasteiger partial charge in [0, 0.05) is 12.1 Å². The quantitative estimate of drug-likeness (QED) is 0.662. The van der Waals surface area contributed by atoms with Crippen LogP contribution in [0.2, 0.25) is 0 Å². The summed E-state index contributed by atoms with van der Waals surface area (Å²) >= 11 is 0. The minimum absolute atomic E-state index is 0. The van der Waals surface area contributed by atoms with E-state index < -0.39 is 0 Å². The fourth-order valence-corrected chi connectivity index (χ4v) is 2.03. The van der Waals surface area contributed by atoms with Gasteiger partial charge in [-0.3, -0.25) is 10.1 Å². The van der Waals surface area contributed by atoms with Crippen LogP contribution in [0.25, 0.3) is 0 Å². The van der Waals surface area contributed by atoms with Crippen molar-refractivity contribution in [3.63, 3.8) is 0 Å². The summed E-state index contributed by atoms with van der Waals surface area (Å²) in [4.78, 5) is 10.4. The lowest BCUT2D eigenvalue weighted by atomic mass is 9.93. The molecule has 0 saturated carbocycles. The average molecular weight is 258 g/mol. The molecule has 4 heteroatoms. The van der Waals surface area contributed by atoms with E-state index in [0.29, 0.717) is 0 Å². The van der Waals surface area contributed by atoms with E-state index in [-0.39, 0.29) is 22.7 Å². The topological polar surface area (TPSA) is 78.1 Å². The molecule has 0 spiro atoms. The molecule has 1 atom stereocenters. The molecule has 2 rings (SSSR count). The Kier molecular flexibility index (Phi) is 5.21. The second-order valence-electron chi connectivity index (χ2n) is 4.44. The predicted octanol–water partition coefficient (Wildman–Crippen LogP) is 4.10. The van der Waals surface area contributed by atoms with Crippen LogP contribution in [-0.4, -0.2) is 4.92 Å². The third-order valence-corrected chi connectivity index (χ3v) is 3.03.